The molecule has 0 aliphatic heterocycles. The van der Waals surface area contributed by atoms with Crippen molar-refractivity contribution in [3.63, 3.8) is 0 Å². The number of carbonyl (C=O) groups is 2. The smallest absolute Gasteiger partial charge is 0.255 e. The minimum Gasteiger partial charge on any atom is -0.494 e. The monoisotopic (exact) mass is 394 g/mol. The molecule has 0 spiro atoms. The van der Waals surface area contributed by atoms with Crippen LogP contribution in [0.5, 0.6) is 11.5 Å². The molecule has 2 amide bonds. The van der Waals surface area contributed by atoms with E-state index < -0.39 is 11.7 Å². The zero-order chi connectivity index (χ0) is 20.8. The molecule has 0 aliphatic rings. The Morgan fingerprint density at radius 2 is 1.17 bits per heavy atom. The third-order valence-electron chi connectivity index (χ3n) is 4.16. The molecule has 0 bridgehead atoms. The van der Waals surface area contributed by atoms with E-state index in [1.807, 2.05) is 6.07 Å². The summed E-state index contributed by atoms with van der Waals surface area (Å²) in [4.78, 5) is 24.9. The van der Waals surface area contributed by atoms with Crippen molar-refractivity contribution in [2.45, 2.75) is 0 Å². The third-order valence-corrected chi connectivity index (χ3v) is 4.16. The standard InChI is InChI=1S/C22H19FN2O4/c1-28-19-13-18(25-22(27)15-8-10-16(23)11-9-15)20(29-2)12-17(19)24-21(26)14-6-4-3-5-7-14/h3-13H,1-2H3,(H,24,26)(H,25,27). The highest BCUT2D eigenvalue weighted by Gasteiger charge is 2.17. The van der Waals surface area contributed by atoms with Gasteiger partial charge in [-0.1, -0.05) is 18.2 Å². The lowest BCUT2D eigenvalue weighted by Crippen LogP contribution is -2.15. The second-order valence-electron chi connectivity index (χ2n) is 6.03. The molecule has 2 N–H and O–H groups in total. The Hall–Kier alpha value is -3.87. The second-order valence-corrected chi connectivity index (χ2v) is 6.03. The molecule has 7 heteroatoms. The van der Waals surface area contributed by atoms with Gasteiger partial charge in [-0.15, -0.1) is 0 Å². The summed E-state index contributed by atoms with van der Waals surface area (Å²) in [6, 6.07) is 17.0. The van der Waals surface area contributed by atoms with Gasteiger partial charge in [-0.25, -0.2) is 4.39 Å². The maximum Gasteiger partial charge on any atom is 0.255 e. The predicted octanol–water partition coefficient (Wildman–Crippen LogP) is 4.35. The highest BCUT2D eigenvalue weighted by atomic mass is 19.1. The molecular formula is C22H19FN2O4. The lowest BCUT2D eigenvalue weighted by molar-refractivity contribution is 0.101. The van der Waals surface area contributed by atoms with Gasteiger partial charge in [-0.05, 0) is 36.4 Å². The van der Waals surface area contributed by atoms with E-state index in [0.29, 0.717) is 28.4 Å². The summed E-state index contributed by atoms with van der Waals surface area (Å²) in [6.45, 7) is 0. The van der Waals surface area contributed by atoms with Crippen LogP contribution >= 0.6 is 0 Å². The first-order valence-electron chi connectivity index (χ1n) is 8.71. The van der Waals surface area contributed by atoms with Crippen molar-refractivity contribution < 1.29 is 23.5 Å². The lowest BCUT2D eigenvalue weighted by atomic mass is 10.1. The fourth-order valence-electron chi connectivity index (χ4n) is 2.67. The van der Waals surface area contributed by atoms with E-state index in [1.165, 1.54) is 38.5 Å². The zero-order valence-corrected chi connectivity index (χ0v) is 15.9. The minimum atomic E-state index is -0.438. The summed E-state index contributed by atoms with van der Waals surface area (Å²) in [7, 11) is 2.89. The number of amides is 2. The number of nitrogens with one attached hydrogen (secondary N) is 2. The molecule has 0 unspecified atom stereocenters. The molecule has 0 fully saturated rings. The van der Waals surface area contributed by atoms with Gasteiger partial charge in [0, 0.05) is 23.3 Å². The van der Waals surface area contributed by atoms with Gasteiger partial charge < -0.3 is 20.1 Å². The molecule has 0 heterocycles. The van der Waals surface area contributed by atoms with Crippen molar-refractivity contribution in [1.29, 1.82) is 0 Å². The molecule has 0 atom stereocenters. The number of hydrogen-bond donors (Lipinski definition) is 2. The van der Waals surface area contributed by atoms with E-state index in [1.54, 1.807) is 36.4 Å². The second kappa shape index (κ2) is 8.88. The predicted molar refractivity (Wildman–Crippen MR) is 108 cm³/mol. The Kier molecular flexibility index (Phi) is 6.09. The summed E-state index contributed by atoms with van der Waals surface area (Å²) in [6.07, 6.45) is 0. The molecule has 0 saturated carbocycles. The number of halogens is 1. The Morgan fingerprint density at radius 3 is 1.62 bits per heavy atom. The van der Waals surface area contributed by atoms with E-state index in [4.69, 9.17) is 9.47 Å². The number of benzene rings is 3. The molecule has 6 nitrogen and oxygen atoms in total. The normalized spacial score (nSPS) is 10.2. The van der Waals surface area contributed by atoms with Crippen LogP contribution < -0.4 is 20.1 Å². The van der Waals surface area contributed by atoms with E-state index in [-0.39, 0.29) is 11.5 Å². The number of ether oxygens (including phenoxy) is 2. The Balaban J connectivity index is 1.86. The van der Waals surface area contributed by atoms with Gasteiger partial charge in [0.15, 0.2) is 0 Å². The summed E-state index contributed by atoms with van der Waals surface area (Å²) < 4.78 is 23.8. The summed E-state index contributed by atoms with van der Waals surface area (Å²) >= 11 is 0. The quantitative estimate of drug-likeness (QED) is 0.652. The van der Waals surface area contributed by atoms with Gasteiger partial charge in [0.25, 0.3) is 11.8 Å². The van der Waals surface area contributed by atoms with Crippen molar-refractivity contribution in [1.82, 2.24) is 0 Å². The van der Waals surface area contributed by atoms with Crippen LogP contribution in [0.3, 0.4) is 0 Å². The molecule has 148 valence electrons. The molecule has 0 saturated heterocycles. The van der Waals surface area contributed by atoms with E-state index >= 15 is 0 Å². The van der Waals surface area contributed by atoms with Gasteiger partial charge >= 0.3 is 0 Å². The molecule has 0 aromatic heterocycles. The van der Waals surface area contributed by atoms with Crippen LogP contribution in [0.25, 0.3) is 0 Å². The van der Waals surface area contributed by atoms with E-state index in [0.717, 1.165) is 0 Å². The van der Waals surface area contributed by atoms with Gasteiger partial charge in [0.1, 0.15) is 17.3 Å². The summed E-state index contributed by atoms with van der Waals surface area (Å²) in [5.74, 6) is -0.520. The first-order valence-corrected chi connectivity index (χ1v) is 8.71. The summed E-state index contributed by atoms with van der Waals surface area (Å²) in [5, 5.41) is 5.48. The summed E-state index contributed by atoms with van der Waals surface area (Å²) in [5.41, 5.74) is 1.51. The van der Waals surface area contributed by atoms with Crippen molar-refractivity contribution in [2.75, 3.05) is 24.9 Å². The van der Waals surface area contributed by atoms with Crippen molar-refractivity contribution >= 4 is 23.2 Å². The molecular weight excluding hydrogens is 375 g/mol. The van der Waals surface area contributed by atoms with Gasteiger partial charge in [-0.2, -0.15) is 0 Å². The van der Waals surface area contributed by atoms with Crippen molar-refractivity contribution in [2.24, 2.45) is 0 Å². The fraction of sp³-hybridized carbons (Fsp3) is 0.0909. The number of methoxy groups -OCH3 is 2. The maximum atomic E-state index is 13.1. The lowest BCUT2D eigenvalue weighted by Gasteiger charge is -2.16. The first kappa shape index (κ1) is 19.9. The first-order chi connectivity index (χ1) is 14.0. The topological polar surface area (TPSA) is 76.7 Å². The maximum absolute atomic E-state index is 13.1. The largest absolute Gasteiger partial charge is 0.494 e. The number of rotatable bonds is 6. The Labute approximate surface area is 167 Å². The zero-order valence-electron chi connectivity index (χ0n) is 15.9. The van der Waals surface area contributed by atoms with Crippen LogP contribution in [-0.2, 0) is 0 Å². The Bertz CT molecular complexity index is 1020. The average Bonchev–Trinajstić information content (AvgIpc) is 2.75. The van der Waals surface area contributed by atoms with Gasteiger partial charge in [0.05, 0.1) is 25.6 Å². The van der Waals surface area contributed by atoms with Crippen LogP contribution in [0, 0.1) is 5.82 Å². The van der Waals surface area contributed by atoms with Crippen molar-refractivity contribution in [3.05, 3.63) is 83.7 Å². The molecule has 0 aliphatic carbocycles. The SMILES string of the molecule is COc1cc(NC(=O)c2ccc(F)cc2)c(OC)cc1NC(=O)c1ccccc1. The molecule has 0 radical (unpaired) electrons. The molecule has 29 heavy (non-hydrogen) atoms. The van der Waals surface area contributed by atoms with Crippen LogP contribution in [0.1, 0.15) is 20.7 Å². The highest BCUT2D eigenvalue weighted by molar-refractivity contribution is 6.07. The van der Waals surface area contributed by atoms with E-state index in [9.17, 15) is 14.0 Å². The third kappa shape index (κ3) is 4.70. The molecule has 3 aromatic carbocycles. The van der Waals surface area contributed by atoms with Gasteiger partial charge in [0.2, 0.25) is 0 Å². The average molecular weight is 394 g/mol. The fourth-order valence-corrected chi connectivity index (χ4v) is 2.67. The van der Waals surface area contributed by atoms with Gasteiger partial charge in [-0.3, -0.25) is 9.59 Å². The molecule has 3 rings (SSSR count). The number of carbonyl (C=O) groups excluding carboxylic acids is 2. The van der Waals surface area contributed by atoms with E-state index in [2.05, 4.69) is 10.6 Å². The van der Waals surface area contributed by atoms with Crippen LogP contribution in [0.2, 0.25) is 0 Å². The van der Waals surface area contributed by atoms with Crippen LogP contribution in [0.4, 0.5) is 15.8 Å². The van der Waals surface area contributed by atoms with Crippen LogP contribution in [-0.4, -0.2) is 26.0 Å². The van der Waals surface area contributed by atoms with Crippen molar-refractivity contribution in [3.8, 4) is 11.5 Å². The van der Waals surface area contributed by atoms with Crippen LogP contribution in [0.15, 0.2) is 66.7 Å². The Morgan fingerprint density at radius 1 is 0.724 bits per heavy atom. The number of anilines is 2. The molecule has 3 aromatic rings. The number of hydrogen-bond acceptors (Lipinski definition) is 4. The minimum absolute atomic E-state index is 0.286. The highest BCUT2D eigenvalue weighted by Crippen LogP contribution is 2.37.